The van der Waals surface area contributed by atoms with Gasteiger partial charge in [0, 0.05) is 19.6 Å². The molecule has 1 saturated heterocycles. The highest BCUT2D eigenvalue weighted by Gasteiger charge is 2.11. The van der Waals surface area contributed by atoms with E-state index in [9.17, 15) is 0 Å². The average Bonchev–Trinajstić information content (AvgIpc) is 2.64. The molecule has 0 radical (unpaired) electrons. The van der Waals surface area contributed by atoms with Crippen LogP contribution in [0.3, 0.4) is 0 Å². The van der Waals surface area contributed by atoms with Crippen LogP contribution in [0.4, 0.5) is 0 Å². The van der Waals surface area contributed by atoms with E-state index in [-0.39, 0.29) is 0 Å². The first kappa shape index (κ1) is 13.9. The third-order valence-corrected chi connectivity index (χ3v) is 3.45. The second-order valence-electron chi connectivity index (χ2n) is 4.99. The lowest BCUT2D eigenvalue weighted by molar-refractivity contribution is 0.212. The molecule has 0 unspecified atom stereocenters. The Labute approximate surface area is 115 Å². The number of ether oxygens (including phenoxy) is 1. The first-order chi connectivity index (χ1) is 9.28. The fourth-order valence-corrected chi connectivity index (χ4v) is 2.27. The van der Waals surface area contributed by atoms with E-state index in [0.29, 0.717) is 12.2 Å². The van der Waals surface area contributed by atoms with Gasteiger partial charge in [-0.2, -0.15) is 5.26 Å². The van der Waals surface area contributed by atoms with Crippen LogP contribution in [0.25, 0.3) is 0 Å². The summed E-state index contributed by atoms with van der Waals surface area (Å²) in [4.78, 5) is 4.81. The third-order valence-electron chi connectivity index (χ3n) is 3.45. The Morgan fingerprint density at radius 3 is 3.00 bits per heavy atom. The molecule has 0 saturated carbocycles. The molecule has 1 heterocycles. The molecule has 1 aromatic rings. The molecule has 0 N–H and O–H groups in total. The summed E-state index contributed by atoms with van der Waals surface area (Å²) in [5.41, 5.74) is 0.647. The minimum atomic E-state index is 0.647. The highest BCUT2D eigenvalue weighted by atomic mass is 16.5. The van der Waals surface area contributed by atoms with Crippen LogP contribution in [0.15, 0.2) is 24.3 Å². The van der Waals surface area contributed by atoms with Crippen LogP contribution in [0.5, 0.6) is 5.75 Å². The summed E-state index contributed by atoms with van der Waals surface area (Å²) >= 11 is 0. The SMILES string of the molecule is CN1CCCN(CCOc2cccc(C#N)c2)CC1. The van der Waals surface area contributed by atoms with E-state index in [0.717, 1.165) is 31.9 Å². The van der Waals surface area contributed by atoms with Crippen molar-refractivity contribution in [1.82, 2.24) is 9.80 Å². The van der Waals surface area contributed by atoms with Crippen molar-refractivity contribution in [3.63, 3.8) is 0 Å². The highest BCUT2D eigenvalue weighted by Crippen LogP contribution is 2.12. The van der Waals surface area contributed by atoms with Crippen molar-refractivity contribution in [1.29, 1.82) is 5.26 Å². The first-order valence-electron chi connectivity index (χ1n) is 6.82. The van der Waals surface area contributed by atoms with Gasteiger partial charge in [0.15, 0.2) is 0 Å². The maximum Gasteiger partial charge on any atom is 0.120 e. The average molecular weight is 259 g/mol. The van der Waals surface area contributed by atoms with E-state index >= 15 is 0 Å². The molecule has 1 aliphatic rings. The standard InChI is InChI=1S/C15H21N3O/c1-17-6-3-7-18(9-8-17)10-11-19-15-5-2-4-14(12-15)13-16/h2,4-5,12H,3,6-11H2,1H3. The van der Waals surface area contributed by atoms with Gasteiger partial charge in [-0.05, 0) is 44.8 Å². The molecule has 1 aliphatic heterocycles. The van der Waals surface area contributed by atoms with Crippen LogP contribution in [-0.2, 0) is 0 Å². The molecule has 1 aromatic carbocycles. The predicted octanol–water partition coefficient (Wildman–Crippen LogP) is 1.57. The van der Waals surface area contributed by atoms with Gasteiger partial charge in [-0.25, -0.2) is 0 Å². The van der Waals surface area contributed by atoms with Gasteiger partial charge in [-0.15, -0.1) is 0 Å². The molecule has 0 amide bonds. The minimum Gasteiger partial charge on any atom is -0.492 e. The van der Waals surface area contributed by atoms with Gasteiger partial charge in [0.2, 0.25) is 0 Å². The molecule has 0 bridgehead atoms. The number of nitriles is 1. The molecule has 4 heteroatoms. The maximum atomic E-state index is 8.83. The summed E-state index contributed by atoms with van der Waals surface area (Å²) in [6.45, 7) is 6.19. The quantitative estimate of drug-likeness (QED) is 0.823. The normalized spacial score (nSPS) is 17.7. The van der Waals surface area contributed by atoms with Gasteiger partial charge in [-0.1, -0.05) is 6.07 Å². The minimum absolute atomic E-state index is 0.647. The molecular weight excluding hydrogens is 238 g/mol. The van der Waals surface area contributed by atoms with Crippen molar-refractivity contribution in [3.8, 4) is 11.8 Å². The molecule has 1 fully saturated rings. The van der Waals surface area contributed by atoms with E-state index in [1.807, 2.05) is 12.1 Å². The van der Waals surface area contributed by atoms with Crippen LogP contribution < -0.4 is 4.74 Å². The van der Waals surface area contributed by atoms with E-state index in [4.69, 9.17) is 10.00 Å². The Kier molecular flexibility index (Phi) is 5.20. The number of hydrogen-bond donors (Lipinski definition) is 0. The van der Waals surface area contributed by atoms with Gasteiger partial charge in [0.05, 0.1) is 11.6 Å². The van der Waals surface area contributed by atoms with Crippen LogP contribution in [-0.4, -0.2) is 56.2 Å². The van der Waals surface area contributed by atoms with Gasteiger partial charge < -0.3 is 9.64 Å². The fourth-order valence-electron chi connectivity index (χ4n) is 2.27. The van der Waals surface area contributed by atoms with Gasteiger partial charge in [-0.3, -0.25) is 4.90 Å². The smallest absolute Gasteiger partial charge is 0.120 e. The maximum absolute atomic E-state index is 8.83. The number of rotatable bonds is 4. The summed E-state index contributed by atoms with van der Waals surface area (Å²) in [5.74, 6) is 0.783. The fraction of sp³-hybridized carbons (Fsp3) is 0.533. The van der Waals surface area contributed by atoms with Crippen molar-refractivity contribution in [2.45, 2.75) is 6.42 Å². The molecule has 0 aromatic heterocycles. The molecule has 102 valence electrons. The molecular formula is C15H21N3O. The molecule has 0 spiro atoms. The largest absolute Gasteiger partial charge is 0.492 e. The number of likely N-dealkylation sites (N-methyl/N-ethyl adjacent to an activating group) is 1. The molecule has 0 aliphatic carbocycles. The lowest BCUT2D eigenvalue weighted by Gasteiger charge is -2.20. The summed E-state index contributed by atoms with van der Waals surface area (Å²) in [6, 6.07) is 9.46. The van der Waals surface area contributed by atoms with Gasteiger partial charge >= 0.3 is 0 Å². The van der Waals surface area contributed by atoms with E-state index in [2.05, 4.69) is 22.9 Å². The van der Waals surface area contributed by atoms with Gasteiger partial charge in [0.25, 0.3) is 0 Å². The van der Waals surface area contributed by atoms with Crippen molar-refractivity contribution in [2.24, 2.45) is 0 Å². The highest BCUT2D eigenvalue weighted by molar-refractivity contribution is 5.36. The summed E-state index contributed by atoms with van der Waals surface area (Å²) in [7, 11) is 2.17. The van der Waals surface area contributed by atoms with Crippen molar-refractivity contribution >= 4 is 0 Å². The number of benzene rings is 1. The Morgan fingerprint density at radius 1 is 1.26 bits per heavy atom. The second-order valence-corrected chi connectivity index (χ2v) is 4.99. The Hall–Kier alpha value is -1.57. The lowest BCUT2D eigenvalue weighted by Crippen LogP contribution is -2.32. The topological polar surface area (TPSA) is 39.5 Å². The van der Waals surface area contributed by atoms with E-state index < -0.39 is 0 Å². The molecule has 4 nitrogen and oxygen atoms in total. The monoisotopic (exact) mass is 259 g/mol. The van der Waals surface area contributed by atoms with Crippen molar-refractivity contribution in [2.75, 3.05) is 46.4 Å². The van der Waals surface area contributed by atoms with Crippen LogP contribution in [0.1, 0.15) is 12.0 Å². The second kappa shape index (κ2) is 7.13. The van der Waals surface area contributed by atoms with Crippen LogP contribution in [0, 0.1) is 11.3 Å². The summed E-state index contributed by atoms with van der Waals surface area (Å²) in [5, 5.41) is 8.83. The first-order valence-corrected chi connectivity index (χ1v) is 6.82. The van der Waals surface area contributed by atoms with Crippen LogP contribution >= 0.6 is 0 Å². The number of hydrogen-bond acceptors (Lipinski definition) is 4. The Bertz CT molecular complexity index is 441. The van der Waals surface area contributed by atoms with E-state index in [1.54, 1.807) is 12.1 Å². The Balaban J connectivity index is 1.75. The Morgan fingerprint density at radius 2 is 2.16 bits per heavy atom. The van der Waals surface area contributed by atoms with Crippen molar-refractivity contribution < 1.29 is 4.74 Å². The summed E-state index contributed by atoms with van der Waals surface area (Å²) in [6.07, 6.45) is 1.22. The molecule has 2 rings (SSSR count). The predicted molar refractivity (Wildman–Crippen MR) is 75.2 cm³/mol. The molecule has 0 atom stereocenters. The van der Waals surface area contributed by atoms with Crippen LogP contribution in [0.2, 0.25) is 0 Å². The van der Waals surface area contributed by atoms with Crippen molar-refractivity contribution in [3.05, 3.63) is 29.8 Å². The summed E-state index contributed by atoms with van der Waals surface area (Å²) < 4.78 is 5.71. The third kappa shape index (κ3) is 4.55. The lowest BCUT2D eigenvalue weighted by atomic mass is 10.2. The number of nitrogens with zero attached hydrogens (tertiary/aromatic N) is 3. The zero-order valence-corrected chi connectivity index (χ0v) is 11.5. The molecule has 19 heavy (non-hydrogen) atoms. The van der Waals surface area contributed by atoms with E-state index in [1.165, 1.54) is 13.0 Å². The zero-order valence-electron chi connectivity index (χ0n) is 11.5. The zero-order chi connectivity index (χ0) is 13.5. The van der Waals surface area contributed by atoms with Gasteiger partial charge in [0.1, 0.15) is 12.4 Å².